The maximum atomic E-state index is 11.5. The van der Waals surface area contributed by atoms with Crippen molar-refractivity contribution < 1.29 is 9.90 Å². The van der Waals surface area contributed by atoms with Gasteiger partial charge in [0.25, 0.3) is 0 Å². The predicted octanol–water partition coefficient (Wildman–Crippen LogP) is 0.263. The Kier molecular flexibility index (Phi) is 4.18. The number of nitrogens with one attached hydrogen (secondary N) is 2. The predicted molar refractivity (Wildman–Crippen MR) is 62.0 cm³/mol. The van der Waals surface area contributed by atoms with E-state index in [0.717, 1.165) is 38.9 Å². The second kappa shape index (κ2) is 5.64. The van der Waals surface area contributed by atoms with Crippen molar-refractivity contribution in [1.29, 1.82) is 0 Å². The van der Waals surface area contributed by atoms with Crippen molar-refractivity contribution in [1.82, 2.24) is 10.6 Å². The molecule has 92 valence electrons. The number of amides is 1. The number of hydrogen-bond donors (Lipinski definition) is 3. The normalized spacial score (nSPS) is 33.4. The van der Waals surface area contributed by atoms with Gasteiger partial charge in [0.15, 0.2) is 0 Å². The molecule has 3 N–H and O–H groups in total. The Morgan fingerprint density at radius 1 is 1.38 bits per heavy atom. The molecule has 1 atom stereocenters. The Morgan fingerprint density at radius 3 is 2.81 bits per heavy atom. The van der Waals surface area contributed by atoms with E-state index in [9.17, 15) is 4.79 Å². The fourth-order valence-corrected chi connectivity index (χ4v) is 2.51. The molecule has 0 aromatic heterocycles. The molecule has 2 rings (SSSR count). The number of aliphatic hydroxyl groups excluding tert-OH is 1. The fraction of sp³-hybridized carbons (Fsp3) is 0.917. The zero-order valence-electron chi connectivity index (χ0n) is 9.74. The molecule has 1 unspecified atom stereocenters. The highest BCUT2D eigenvalue weighted by Gasteiger charge is 2.27. The van der Waals surface area contributed by atoms with Crippen molar-refractivity contribution in [2.24, 2.45) is 11.8 Å². The molecule has 0 bridgehead atoms. The molecule has 0 radical (unpaired) electrons. The third kappa shape index (κ3) is 3.46. The molecular formula is C12H22N2O2. The van der Waals surface area contributed by atoms with Gasteiger partial charge in [-0.1, -0.05) is 0 Å². The molecule has 0 spiro atoms. The van der Waals surface area contributed by atoms with Crippen LogP contribution in [0.25, 0.3) is 0 Å². The van der Waals surface area contributed by atoms with Crippen LogP contribution in [-0.4, -0.2) is 36.8 Å². The van der Waals surface area contributed by atoms with Crippen LogP contribution in [0.2, 0.25) is 0 Å². The molecule has 1 aliphatic heterocycles. The Labute approximate surface area is 96.8 Å². The summed E-state index contributed by atoms with van der Waals surface area (Å²) < 4.78 is 0. The Morgan fingerprint density at radius 2 is 2.19 bits per heavy atom. The first kappa shape index (κ1) is 11.9. The highest BCUT2D eigenvalue weighted by atomic mass is 16.3. The van der Waals surface area contributed by atoms with E-state index >= 15 is 0 Å². The van der Waals surface area contributed by atoms with Crippen molar-refractivity contribution in [2.45, 2.75) is 38.2 Å². The first-order valence-corrected chi connectivity index (χ1v) is 6.39. The Balaban J connectivity index is 1.50. The van der Waals surface area contributed by atoms with Crippen LogP contribution in [0.4, 0.5) is 0 Å². The quantitative estimate of drug-likeness (QED) is 0.630. The van der Waals surface area contributed by atoms with Crippen molar-refractivity contribution in [3.05, 3.63) is 0 Å². The number of carbonyl (C=O) groups excluding carboxylic acids is 1. The maximum Gasteiger partial charge on any atom is 0.220 e. The molecule has 1 saturated carbocycles. The Bertz CT molecular complexity index is 233. The van der Waals surface area contributed by atoms with Crippen molar-refractivity contribution in [2.75, 3.05) is 19.6 Å². The van der Waals surface area contributed by atoms with E-state index < -0.39 is 0 Å². The molecule has 2 fully saturated rings. The summed E-state index contributed by atoms with van der Waals surface area (Å²) in [5.74, 6) is 1.37. The van der Waals surface area contributed by atoms with E-state index in [2.05, 4.69) is 10.6 Å². The van der Waals surface area contributed by atoms with Crippen molar-refractivity contribution in [3.63, 3.8) is 0 Å². The molecule has 16 heavy (non-hydrogen) atoms. The lowest BCUT2D eigenvalue weighted by Gasteiger charge is -2.31. The van der Waals surface area contributed by atoms with Gasteiger partial charge in [0.05, 0.1) is 6.10 Å². The van der Waals surface area contributed by atoms with Crippen LogP contribution in [0.1, 0.15) is 32.1 Å². The van der Waals surface area contributed by atoms with Crippen LogP contribution in [0, 0.1) is 11.8 Å². The van der Waals surface area contributed by atoms with E-state index in [4.69, 9.17) is 5.11 Å². The number of aliphatic hydroxyl groups is 1. The number of hydrogen-bond acceptors (Lipinski definition) is 3. The van der Waals surface area contributed by atoms with Gasteiger partial charge in [0, 0.05) is 13.0 Å². The van der Waals surface area contributed by atoms with E-state index in [1.54, 1.807) is 0 Å². The first-order valence-electron chi connectivity index (χ1n) is 6.39. The second-order valence-electron chi connectivity index (χ2n) is 5.19. The molecule has 4 heteroatoms. The fourth-order valence-electron chi connectivity index (χ4n) is 2.51. The van der Waals surface area contributed by atoms with Crippen LogP contribution >= 0.6 is 0 Å². The van der Waals surface area contributed by atoms with Crippen LogP contribution < -0.4 is 10.6 Å². The van der Waals surface area contributed by atoms with Gasteiger partial charge in [-0.15, -0.1) is 0 Å². The van der Waals surface area contributed by atoms with Gasteiger partial charge >= 0.3 is 0 Å². The molecule has 1 saturated heterocycles. The topological polar surface area (TPSA) is 61.4 Å². The van der Waals surface area contributed by atoms with E-state index in [1.165, 1.54) is 6.42 Å². The van der Waals surface area contributed by atoms with Gasteiger partial charge in [-0.3, -0.25) is 4.79 Å². The third-order valence-corrected chi connectivity index (χ3v) is 3.74. The average Bonchev–Trinajstić information content (AvgIpc) is 2.72. The van der Waals surface area contributed by atoms with Crippen LogP contribution in [0.5, 0.6) is 0 Å². The number of carbonyl (C=O) groups is 1. The monoisotopic (exact) mass is 226 g/mol. The summed E-state index contributed by atoms with van der Waals surface area (Å²) in [4.78, 5) is 11.5. The summed E-state index contributed by atoms with van der Waals surface area (Å²) in [6.45, 7) is 2.92. The summed E-state index contributed by atoms with van der Waals surface area (Å²) in [7, 11) is 0. The largest absolute Gasteiger partial charge is 0.393 e. The number of rotatable bonds is 5. The third-order valence-electron chi connectivity index (χ3n) is 3.74. The maximum absolute atomic E-state index is 11.5. The van der Waals surface area contributed by atoms with Crippen LogP contribution in [0.3, 0.4) is 0 Å². The van der Waals surface area contributed by atoms with Gasteiger partial charge in [-0.05, 0) is 50.6 Å². The lowest BCUT2D eigenvalue weighted by molar-refractivity contribution is -0.122. The highest BCUT2D eigenvalue weighted by Crippen LogP contribution is 2.26. The molecule has 4 nitrogen and oxygen atoms in total. The van der Waals surface area contributed by atoms with Gasteiger partial charge in [0.1, 0.15) is 0 Å². The van der Waals surface area contributed by atoms with E-state index in [0.29, 0.717) is 18.3 Å². The summed E-state index contributed by atoms with van der Waals surface area (Å²) in [6.07, 6.45) is 4.46. The second-order valence-corrected chi connectivity index (χ2v) is 5.19. The Hall–Kier alpha value is -0.610. The first-order chi connectivity index (χ1) is 7.74. The summed E-state index contributed by atoms with van der Waals surface area (Å²) in [6, 6.07) is 0. The standard InChI is InChI=1S/C12H22N2O2/c15-11-5-10(6-11)8-14-12(16)2-1-9-3-4-13-7-9/h9-11,13,15H,1-8H2,(H,14,16). The summed E-state index contributed by atoms with van der Waals surface area (Å²) in [5, 5.41) is 15.4. The highest BCUT2D eigenvalue weighted by molar-refractivity contribution is 5.75. The van der Waals surface area contributed by atoms with Gasteiger partial charge in [-0.2, -0.15) is 0 Å². The molecule has 1 amide bonds. The lowest BCUT2D eigenvalue weighted by Crippen LogP contribution is -2.38. The van der Waals surface area contributed by atoms with Gasteiger partial charge < -0.3 is 15.7 Å². The van der Waals surface area contributed by atoms with Crippen LogP contribution in [-0.2, 0) is 4.79 Å². The zero-order chi connectivity index (χ0) is 11.4. The minimum atomic E-state index is -0.119. The summed E-state index contributed by atoms with van der Waals surface area (Å²) in [5.41, 5.74) is 0. The summed E-state index contributed by atoms with van der Waals surface area (Å²) >= 11 is 0. The minimum absolute atomic E-state index is 0.119. The molecule has 1 heterocycles. The molecular weight excluding hydrogens is 204 g/mol. The molecule has 1 aliphatic carbocycles. The van der Waals surface area contributed by atoms with E-state index in [-0.39, 0.29) is 12.0 Å². The average molecular weight is 226 g/mol. The lowest BCUT2D eigenvalue weighted by atomic mass is 9.82. The molecule has 0 aromatic rings. The van der Waals surface area contributed by atoms with Crippen LogP contribution in [0.15, 0.2) is 0 Å². The minimum Gasteiger partial charge on any atom is -0.393 e. The van der Waals surface area contributed by atoms with Gasteiger partial charge in [0.2, 0.25) is 5.91 Å². The van der Waals surface area contributed by atoms with Crippen molar-refractivity contribution in [3.8, 4) is 0 Å². The van der Waals surface area contributed by atoms with Crippen molar-refractivity contribution >= 4 is 5.91 Å². The zero-order valence-corrected chi connectivity index (χ0v) is 9.74. The van der Waals surface area contributed by atoms with E-state index in [1.807, 2.05) is 0 Å². The molecule has 2 aliphatic rings. The SMILES string of the molecule is O=C(CCC1CCNC1)NCC1CC(O)C1. The van der Waals surface area contributed by atoms with Gasteiger partial charge in [-0.25, -0.2) is 0 Å². The molecule has 0 aromatic carbocycles. The smallest absolute Gasteiger partial charge is 0.220 e.